The van der Waals surface area contributed by atoms with Crippen molar-refractivity contribution in [3.63, 3.8) is 0 Å². The first kappa shape index (κ1) is 25.9. The summed E-state index contributed by atoms with van der Waals surface area (Å²) >= 11 is 0. The summed E-state index contributed by atoms with van der Waals surface area (Å²) in [5.74, 6) is -1.07. The fourth-order valence-electron chi connectivity index (χ4n) is 3.47. The van der Waals surface area contributed by atoms with Crippen LogP contribution in [-0.2, 0) is 20.0 Å². The highest BCUT2D eigenvalue weighted by atomic mass is 32.2. The highest BCUT2D eigenvalue weighted by Crippen LogP contribution is 2.27. The van der Waals surface area contributed by atoms with Crippen LogP contribution >= 0.6 is 0 Å². The molecule has 0 spiro atoms. The maximum atomic E-state index is 13.1. The van der Waals surface area contributed by atoms with Crippen LogP contribution in [-0.4, -0.2) is 29.8 Å². The molecule has 0 atom stereocenters. The van der Waals surface area contributed by atoms with E-state index < -0.39 is 31.8 Å². The lowest BCUT2D eigenvalue weighted by Gasteiger charge is -2.22. The smallest absolute Gasteiger partial charge is 0.264 e. The van der Waals surface area contributed by atoms with Crippen molar-refractivity contribution in [1.82, 2.24) is 0 Å². The first-order valence-corrected chi connectivity index (χ1v) is 13.8. The molecule has 4 aromatic rings. The minimum absolute atomic E-state index is 0.0658. The lowest BCUT2D eigenvalue weighted by atomic mass is 10.1. The SMILES string of the molecule is CN(c1ccccc1C(=O)Nc1ccc(S(=O)(=O)Nc2ccc(F)cc2)cc1)S(=O)(=O)c1ccccc1. The van der Waals surface area contributed by atoms with E-state index in [9.17, 15) is 26.0 Å². The summed E-state index contributed by atoms with van der Waals surface area (Å²) in [4.78, 5) is 13.1. The zero-order valence-corrected chi connectivity index (χ0v) is 21.1. The van der Waals surface area contributed by atoms with E-state index in [0.29, 0.717) is 5.69 Å². The number of carbonyl (C=O) groups is 1. The second kappa shape index (κ2) is 10.4. The molecular formula is C26H22FN3O5S2. The van der Waals surface area contributed by atoms with Gasteiger partial charge in [-0.1, -0.05) is 30.3 Å². The first-order chi connectivity index (χ1) is 17.6. The van der Waals surface area contributed by atoms with E-state index in [0.717, 1.165) is 16.4 Å². The van der Waals surface area contributed by atoms with Crippen molar-refractivity contribution in [3.8, 4) is 0 Å². The fraction of sp³-hybridized carbons (Fsp3) is 0.0385. The van der Waals surface area contributed by atoms with Crippen LogP contribution in [0.15, 0.2) is 113 Å². The van der Waals surface area contributed by atoms with E-state index in [1.807, 2.05) is 0 Å². The second-order valence-electron chi connectivity index (χ2n) is 7.89. The zero-order chi connectivity index (χ0) is 26.6. The van der Waals surface area contributed by atoms with Gasteiger partial charge in [-0.15, -0.1) is 0 Å². The summed E-state index contributed by atoms with van der Waals surface area (Å²) in [5, 5.41) is 2.66. The van der Waals surface area contributed by atoms with Gasteiger partial charge in [-0.3, -0.25) is 13.8 Å². The number of hydrogen-bond acceptors (Lipinski definition) is 5. The summed E-state index contributed by atoms with van der Waals surface area (Å²) in [7, 11) is -6.49. The molecule has 0 unspecified atom stereocenters. The third-order valence-corrected chi connectivity index (χ3v) is 8.59. The Kier molecular flexibility index (Phi) is 7.28. The molecule has 4 rings (SSSR count). The number of anilines is 3. The van der Waals surface area contributed by atoms with E-state index in [4.69, 9.17) is 0 Å². The molecule has 0 heterocycles. The summed E-state index contributed by atoms with van der Waals surface area (Å²) < 4.78 is 67.8. The number of amides is 1. The Hall–Kier alpha value is -4.22. The van der Waals surface area contributed by atoms with Gasteiger partial charge in [-0.25, -0.2) is 21.2 Å². The van der Waals surface area contributed by atoms with Gasteiger partial charge in [0.15, 0.2) is 0 Å². The van der Waals surface area contributed by atoms with Gasteiger partial charge in [0.25, 0.3) is 26.0 Å². The number of benzene rings is 4. The molecule has 8 nitrogen and oxygen atoms in total. The van der Waals surface area contributed by atoms with Crippen LogP contribution in [0.5, 0.6) is 0 Å². The number of nitrogens with zero attached hydrogens (tertiary/aromatic N) is 1. The predicted molar refractivity (Wildman–Crippen MR) is 140 cm³/mol. The maximum Gasteiger partial charge on any atom is 0.264 e. The normalized spacial score (nSPS) is 11.5. The third-order valence-electron chi connectivity index (χ3n) is 5.41. The third kappa shape index (κ3) is 5.79. The Balaban J connectivity index is 1.53. The average Bonchev–Trinajstić information content (AvgIpc) is 2.90. The number of nitrogens with one attached hydrogen (secondary N) is 2. The van der Waals surface area contributed by atoms with Gasteiger partial charge in [-0.2, -0.15) is 0 Å². The van der Waals surface area contributed by atoms with Crippen LogP contribution in [0.1, 0.15) is 10.4 Å². The van der Waals surface area contributed by atoms with Crippen molar-refractivity contribution >= 4 is 43.0 Å². The van der Waals surface area contributed by atoms with Crippen LogP contribution in [0.25, 0.3) is 0 Å². The highest BCUT2D eigenvalue weighted by Gasteiger charge is 2.25. The molecule has 1 amide bonds. The van der Waals surface area contributed by atoms with E-state index in [2.05, 4.69) is 10.0 Å². The fourth-order valence-corrected chi connectivity index (χ4v) is 5.76. The molecule has 4 aromatic carbocycles. The molecule has 0 saturated heterocycles. The number of rotatable bonds is 8. The Labute approximate surface area is 214 Å². The molecule has 2 N–H and O–H groups in total. The summed E-state index contributed by atoms with van der Waals surface area (Å²) in [6, 6.07) is 24.4. The molecule has 0 bridgehead atoms. The Morgan fingerprint density at radius 1 is 0.703 bits per heavy atom. The standard InChI is InChI=1S/C26H22FN3O5S2/c1-30(37(34,35)23-7-3-2-4-8-23)25-10-6-5-9-24(25)26(31)28-20-15-17-22(18-16-20)36(32,33)29-21-13-11-19(27)12-14-21/h2-18,29H,1H3,(H,28,31). The van der Waals surface area contributed by atoms with Gasteiger partial charge in [0.2, 0.25) is 0 Å². The van der Waals surface area contributed by atoms with Gasteiger partial charge in [0.1, 0.15) is 5.82 Å². The van der Waals surface area contributed by atoms with E-state index >= 15 is 0 Å². The van der Waals surface area contributed by atoms with Crippen LogP contribution in [0.4, 0.5) is 21.5 Å². The summed E-state index contributed by atoms with van der Waals surface area (Å²) in [5.41, 5.74) is 0.782. The molecule has 0 aromatic heterocycles. The van der Waals surface area contributed by atoms with E-state index in [-0.39, 0.29) is 26.7 Å². The predicted octanol–water partition coefficient (Wildman–Crippen LogP) is 4.70. The zero-order valence-electron chi connectivity index (χ0n) is 19.5. The van der Waals surface area contributed by atoms with E-state index in [1.54, 1.807) is 30.3 Å². The highest BCUT2D eigenvalue weighted by molar-refractivity contribution is 7.93. The first-order valence-electron chi connectivity index (χ1n) is 10.9. The van der Waals surface area contributed by atoms with Crippen LogP contribution < -0.4 is 14.3 Å². The molecule has 0 aliphatic heterocycles. The van der Waals surface area contributed by atoms with Gasteiger partial charge in [-0.05, 0) is 72.8 Å². The number of halogens is 1. The maximum absolute atomic E-state index is 13.1. The largest absolute Gasteiger partial charge is 0.322 e. The van der Waals surface area contributed by atoms with Gasteiger partial charge < -0.3 is 5.32 Å². The van der Waals surface area contributed by atoms with Crippen LogP contribution in [0.2, 0.25) is 0 Å². The van der Waals surface area contributed by atoms with Crippen LogP contribution in [0.3, 0.4) is 0 Å². The van der Waals surface area contributed by atoms with Crippen molar-refractivity contribution in [2.75, 3.05) is 21.4 Å². The molecule has 11 heteroatoms. The van der Waals surface area contributed by atoms with Gasteiger partial charge >= 0.3 is 0 Å². The van der Waals surface area contributed by atoms with Crippen LogP contribution in [0, 0.1) is 5.82 Å². The molecule has 190 valence electrons. The van der Waals surface area contributed by atoms with Gasteiger partial charge in [0.05, 0.1) is 21.0 Å². The average molecular weight is 540 g/mol. The Morgan fingerprint density at radius 2 is 1.27 bits per heavy atom. The van der Waals surface area contributed by atoms with Crippen molar-refractivity contribution in [2.45, 2.75) is 9.79 Å². The molecule has 37 heavy (non-hydrogen) atoms. The Bertz CT molecular complexity index is 1630. The minimum Gasteiger partial charge on any atom is -0.322 e. The molecule has 0 aliphatic carbocycles. The monoisotopic (exact) mass is 539 g/mol. The summed E-state index contributed by atoms with van der Waals surface area (Å²) in [6.45, 7) is 0. The number of sulfonamides is 2. The minimum atomic E-state index is -3.94. The summed E-state index contributed by atoms with van der Waals surface area (Å²) in [6.07, 6.45) is 0. The molecular weight excluding hydrogens is 517 g/mol. The number of para-hydroxylation sites is 1. The number of carbonyl (C=O) groups excluding carboxylic acids is 1. The molecule has 0 fully saturated rings. The molecule has 0 aliphatic rings. The number of hydrogen-bond donors (Lipinski definition) is 2. The quantitative estimate of drug-likeness (QED) is 0.337. The second-order valence-corrected chi connectivity index (χ2v) is 11.5. The van der Waals surface area contributed by atoms with E-state index in [1.165, 1.54) is 67.7 Å². The molecule has 0 radical (unpaired) electrons. The molecule has 0 saturated carbocycles. The van der Waals surface area contributed by atoms with Crippen molar-refractivity contribution in [3.05, 3.63) is 115 Å². The lowest BCUT2D eigenvalue weighted by Crippen LogP contribution is -2.29. The Morgan fingerprint density at radius 3 is 1.92 bits per heavy atom. The van der Waals surface area contributed by atoms with Crippen molar-refractivity contribution < 1.29 is 26.0 Å². The van der Waals surface area contributed by atoms with Crippen molar-refractivity contribution in [2.24, 2.45) is 0 Å². The topological polar surface area (TPSA) is 113 Å². The van der Waals surface area contributed by atoms with Crippen molar-refractivity contribution in [1.29, 1.82) is 0 Å². The van der Waals surface area contributed by atoms with Gasteiger partial charge in [0, 0.05) is 18.4 Å². The lowest BCUT2D eigenvalue weighted by molar-refractivity contribution is 0.102.